The molecule has 0 bridgehead atoms. The van der Waals surface area contributed by atoms with Crippen LogP contribution in [0.4, 0.5) is 0 Å². The molecule has 4 rings (SSSR count). The summed E-state index contributed by atoms with van der Waals surface area (Å²) in [4.78, 5) is 0. The van der Waals surface area contributed by atoms with Gasteiger partial charge >= 0.3 is 0 Å². The van der Waals surface area contributed by atoms with Crippen molar-refractivity contribution in [3.63, 3.8) is 0 Å². The minimum Gasteiger partial charge on any atom is -0.454 e. The summed E-state index contributed by atoms with van der Waals surface area (Å²) >= 11 is 1.46. The third kappa shape index (κ3) is 4.89. The fraction of sp³-hybridized carbons (Fsp3) is 0.263. The van der Waals surface area contributed by atoms with Crippen molar-refractivity contribution in [1.82, 2.24) is 14.8 Å². The van der Waals surface area contributed by atoms with Crippen molar-refractivity contribution < 1.29 is 17.9 Å². The Morgan fingerprint density at radius 1 is 1.07 bits per heavy atom. The molecule has 1 aliphatic heterocycles. The number of sulfonamides is 1. The average Bonchev–Trinajstić information content (AvgIpc) is 3.32. The molecular formula is C19H20N4O4S2. The van der Waals surface area contributed by atoms with E-state index in [-0.39, 0.29) is 12.5 Å². The Hall–Kier alpha value is -2.56. The maximum Gasteiger partial charge on any atom is 0.231 e. The van der Waals surface area contributed by atoms with Gasteiger partial charge in [0, 0.05) is 11.3 Å². The van der Waals surface area contributed by atoms with Crippen LogP contribution in [0.1, 0.15) is 12.0 Å². The summed E-state index contributed by atoms with van der Waals surface area (Å²) in [6.45, 7) is 0.775. The Morgan fingerprint density at radius 3 is 2.66 bits per heavy atom. The number of nitrogens with zero attached hydrogens (tertiary/aromatic N) is 3. The molecule has 2 heterocycles. The van der Waals surface area contributed by atoms with Crippen LogP contribution < -0.4 is 14.6 Å². The number of nitrogens with two attached hydrogens (primary N) is 1. The highest BCUT2D eigenvalue weighted by Gasteiger charge is 2.18. The Bertz CT molecular complexity index is 1100. The van der Waals surface area contributed by atoms with Crippen molar-refractivity contribution in [2.75, 3.05) is 18.3 Å². The molecule has 0 radical (unpaired) electrons. The molecule has 2 aromatic carbocycles. The highest BCUT2D eigenvalue weighted by molar-refractivity contribution is 7.99. The SMILES string of the molecule is NS(=O)(=O)CCCSc1nnc(-c2ccccc2)n1Cc1ccc2c(c1)OCO2. The summed E-state index contributed by atoms with van der Waals surface area (Å²) in [7, 11) is -3.46. The molecule has 29 heavy (non-hydrogen) atoms. The summed E-state index contributed by atoms with van der Waals surface area (Å²) < 4.78 is 35.2. The standard InChI is InChI=1S/C19H20N4O4S2/c20-29(24,25)10-4-9-28-19-22-21-18(15-5-2-1-3-6-15)23(19)12-14-7-8-16-17(11-14)27-13-26-16/h1-3,5-8,11H,4,9-10,12-13H2,(H2,20,24,25). The van der Waals surface area contributed by atoms with Gasteiger partial charge in [0.25, 0.3) is 0 Å². The van der Waals surface area contributed by atoms with Gasteiger partial charge in [-0.3, -0.25) is 4.57 Å². The van der Waals surface area contributed by atoms with Crippen molar-refractivity contribution in [2.24, 2.45) is 5.14 Å². The van der Waals surface area contributed by atoms with Crippen LogP contribution in [0.15, 0.2) is 53.7 Å². The number of benzene rings is 2. The van der Waals surface area contributed by atoms with E-state index in [1.807, 2.05) is 53.1 Å². The van der Waals surface area contributed by atoms with Gasteiger partial charge in [-0.05, 0) is 24.1 Å². The number of rotatable bonds is 8. The van der Waals surface area contributed by atoms with Crippen LogP contribution in [0.2, 0.25) is 0 Å². The number of ether oxygens (including phenoxy) is 2. The molecule has 1 aliphatic rings. The van der Waals surface area contributed by atoms with Gasteiger partial charge in [-0.1, -0.05) is 48.2 Å². The highest BCUT2D eigenvalue weighted by Crippen LogP contribution is 2.33. The Balaban J connectivity index is 1.59. The van der Waals surface area contributed by atoms with Crippen LogP contribution in [0.3, 0.4) is 0 Å². The zero-order valence-corrected chi connectivity index (χ0v) is 17.2. The van der Waals surface area contributed by atoms with Gasteiger partial charge in [0.1, 0.15) is 0 Å². The summed E-state index contributed by atoms with van der Waals surface area (Å²) in [5.41, 5.74) is 1.98. The molecule has 0 amide bonds. The van der Waals surface area contributed by atoms with Gasteiger partial charge in [0.05, 0.1) is 12.3 Å². The van der Waals surface area contributed by atoms with Gasteiger partial charge in [-0.25, -0.2) is 13.6 Å². The van der Waals surface area contributed by atoms with Crippen LogP contribution in [0.5, 0.6) is 11.5 Å². The fourth-order valence-electron chi connectivity index (χ4n) is 2.98. The van der Waals surface area contributed by atoms with E-state index < -0.39 is 10.0 Å². The van der Waals surface area contributed by atoms with Crippen molar-refractivity contribution in [2.45, 2.75) is 18.1 Å². The summed E-state index contributed by atoms with van der Waals surface area (Å²) in [6, 6.07) is 15.6. The van der Waals surface area contributed by atoms with E-state index in [1.165, 1.54) is 11.8 Å². The van der Waals surface area contributed by atoms with E-state index in [9.17, 15) is 8.42 Å². The minimum atomic E-state index is -3.46. The fourth-order valence-corrected chi connectivity index (χ4v) is 4.59. The molecule has 2 N–H and O–H groups in total. The zero-order valence-electron chi connectivity index (χ0n) is 15.5. The van der Waals surface area contributed by atoms with Gasteiger partial charge < -0.3 is 9.47 Å². The Kier molecular flexibility index (Phi) is 5.74. The maximum absolute atomic E-state index is 11.1. The number of thioether (sulfide) groups is 1. The molecule has 0 spiro atoms. The minimum absolute atomic E-state index is 0.0537. The third-order valence-electron chi connectivity index (χ3n) is 4.33. The number of aromatic nitrogens is 3. The molecule has 3 aromatic rings. The van der Waals surface area contributed by atoms with E-state index in [0.717, 1.165) is 33.6 Å². The lowest BCUT2D eigenvalue weighted by atomic mass is 10.2. The summed E-state index contributed by atoms with van der Waals surface area (Å²) in [5, 5.41) is 14.5. The van der Waals surface area contributed by atoms with Crippen molar-refractivity contribution in [3.8, 4) is 22.9 Å². The second-order valence-electron chi connectivity index (χ2n) is 6.51. The maximum atomic E-state index is 11.1. The number of hydrogen-bond donors (Lipinski definition) is 1. The van der Waals surface area contributed by atoms with Crippen molar-refractivity contribution in [3.05, 3.63) is 54.1 Å². The van der Waals surface area contributed by atoms with E-state index in [2.05, 4.69) is 10.2 Å². The lowest BCUT2D eigenvalue weighted by Gasteiger charge is -2.11. The predicted molar refractivity (Wildman–Crippen MR) is 110 cm³/mol. The normalized spacial score (nSPS) is 13.0. The predicted octanol–water partition coefficient (Wildman–Crippen LogP) is 2.49. The van der Waals surface area contributed by atoms with Gasteiger partial charge in [0.15, 0.2) is 22.5 Å². The van der Waals surface area contributed by atoms with E-state index in [0.29, 0.717) is 18.7 Å². The van der Waals surface area contributed by atoms with Crippen molar-refractivity contribution >= 4 is 21.8 Å². The van der Waals surface area contributed by atoms with E-state index in [4.69, 9.17) is 14.6 Å². The van der Waals surface area contributed by atoms with Crippen LogP contribution >= 0.6 is 11.8 Å². The van der Waals surface area contributed by atoms with Crippen LogP contribution in [-0.2, 0) is 16.6 Å². The van der Waals surface area contributed by atoms with E-state index >= 15 is 0 Å². The molecule has 0 unspecified atom stereocenters. The molecule has 0 fully saturated rings. The first-order chi connectivity index (χ1) is 14.0. The molecular weight excluding hydrogens is 412 g/mol. The summed E-state index contributed by atoms with van der Waals surface area (Å²) in [5.74, 6) is 2.72. The Labute approximate surface area is 173 Å². The molecule has 0 saturated heterocycles. The summed E-state index contributed by atoms with van der Waals surface area (Å²) in [6.07, 6.45) is 0.445. The molecule has 0 aliphatic carbocycles. The topological polar surface area (TPSA) is 109 Å². The first-order valence-corrected chi connectivity index (χ1v) is 11.7. The van der Waals surface area contributed by atoms with Gasteiger partial charge in [0.2, 0.25) is 16.8 Å². The van der Waals surface area contributed by atoms with Crippen molar-refractivity contribution in [1.29, 1.82) is 0 Å². The molecule has 0 saturated carbocycles. The lowest BCUT2D eigenvalue weighted by Crippen LogP contribution is -2.16. The number of primary sulfonamides is 1. The lowest BCUT2D eigenvalue weighted by molar-refractivity contribution is 0.174. The molecule has 0 atom stereocenters. The van der Waals surface area contributed by atoms with Gasteiger partial charge in [-0.2, -0.15) is 0 Å². The Morgan fingerprint density at radius 2 is 1.86 bits per heavy atom. The molecule has 10 heteroatoms. The molecule has 1 aromatic heterocycles. The molecule has 152 valence electrons. The first-order valence-electron chi connectivity index (χ1n) is 9.00. The third-order valence-corrected chi connectivity index (χ3v) is 6.24. The monoisotopic (exact) mass is 432 g/mol. The van der Waals surface area contributed by atoms with Gasteiger partial charge in [-0.15, -0.1) is 10.2 Å². The van der Waals surface area contributed by atoms with Crippen LogP contribution in [0.25, 0.3) is 11.4 Å². The second kappa shape index (κ2) is 8.44. The van der Waals surface area contributed by atoms with Crippen LogP contribution in [0, 0.1) is 0 Å². The zero-order chi connectivity index (χ0) is 20.3. The first kappa shape index (κ1) is 19.7. The smallest absolute Gasteiger partial charge is 0.231 e. The second-order valence-corrected chi connectivity index (χ2v) is 9.31. The highest BCUT2D eigenvalue weighted by atomic mass is 32.2. The number of fused-ring (bicyclic) bond motifs is 1. The quantitative estimate of drug-likeness (QED) is 0.430. The molecule has 8 nitrogen and oxygen atoms in total. The van der Waals surface area contributed by atoms with E-state index in [1.54, 1.807) is 0 Å². The average molecular weight is 433 g/mol. The largest absolute Gasteiger partial charge is 0.454 e. The van der Waals surface area contributed by atoms with Crippen LogP contribution in [-0.4, -0.2) is 41.5 Å². The number of hydrogen-bond acceptors (Lipinski definition) is 7.